The number of carbonyl (C=O) groups is 2. The van der Waals surface area contributed by atoms with E-state index in [1.807, 2.05) is 4.90 Å². The van der Waals surface area contributed by atoms with Gasteiger partial charge in [0.05, 0.1) is 13.2 Å². The Hall–Kier alpha value is -2.11. The van der Waals surface area contributed by atoms with Gasteiger partial charge in [0.1, 0.15) is 5.56 Å². The molecular weight excluding hydrogens is 282 g/mol. The van der Waals surface area contributed by atoms with E-state index in [0.717, 1.165) is 0 Å². The van der Waals surface area contributed by atoms with Gasteiger partial charge in [0.2, 0.25) is 11.8 Å². The van der Waals surface area contributed by atoms with Gasteiger partial charge in [-0.1, -0.05) is 20.8 Å². The summed E-state index contributed by atoms with van der Waals surface area (Å²) in [6.07, 6.45) is 1.91. The number of pyridine rings is 1. The minimum Gasteiger partial charge on any atom is -0.480 e. The van der Waals surface area contributed by atoms with Crippen molar-refractivity contribution < 1.29 is 14.3 Å². The predicted molar refractivity (Wildman–Crippen MR) is 82.7 cm³/mol. The molecule has 120 valence electrons. The molecule has 6 nitrogen and oxygen atoms in total. The highest BCUT2D eigenvalue weighted by Crippen LogP contribution is 2.21. The summed E-state index contributed by atoms with van der Waals surface area (Å²) in [4.78, 5) is 30.2. The van der Waals surface area contributed by atoms with Crippen LogP contribution in [0.5, 0.6) is 5.88 Å². The minimum atomic E-state index is -0.264. The predicted octanol–water partition coefficient (Wildman–Crippen LogP) is 1.47. The molecule has 0 bridgehead atoms. The van der Waals surface area contributed by atoms with Gasteiger partial charge in [-0.3, -0.25) is 9.59 Å². The van der Waals surface area contributed by atoms with Crippen molar-refractivity contribution in [3.05, 3.63) is 23.9 Å². The highest BCUT2D eigenvalue weighted by atomic mass is 16.5. The van der Waals surface area contributed by atoms with Crippen molar-refractivity contribution in [2.75, 3.05) is 20.2 Å². The molecule has 1 N–H and O–H groups in total. The molecule has 2 rings (SSSR count). The average Bonchev–Trinajstić information content (AvgIpc) is 2.76. The zero-order valence-electron chi connectivity index (χ0n) is 13.5. The molecule has 1 aromatic heterocycles. The molecule has 22 heavy (non-hydrogen) atoms. The van der Waals surface area contributed by atoms with Crippen LogP contribution >= 0.6 is 0 Å². The van der Waals surface area contributed by atoms with Crippen molar-refractivity contribution >= 4 is 11.8 Å². The van der Waals surface area contributed by atoms with Crippen molar-refractivity contribution in [1.82, 2.24) is 15.2 Å². The lowest BCUT2D eigenvalue weighted by Crippen LogP contribution is -2.39. The van der Waals surface area contributed by atoms with E-state index in [1.54, 1.807) is 18.3 Å². The van der Waals surface area contributed by atoms with Crippen molar-refractivity contribution in [3.63, 3.8) is 0 Å². The second-order valence-corrected chi connectivity index (χ2v) is 6.77. The van der Waals surface area contributed by atoms with Gasteiger partial charge >= 0.3 is 0 Å². The van der Waals surface area contributed by atoms with Gasteiger partial charge in [-0.05, 0) is 17.5 Å². The summed E-state index contributed by atoms with van der Waals surface area (Å²) in [5, 5.41) is 2.89. The van der Waals surface area contributed by atoms with Crippen LogP contribution in [0.1, 0.15) is 37.6 Å². The van der Waals surface area contributed by atoms with Crippen LogP contribution in [0.2, 0.25) is 0 Å². The topological polar surface area (TPSA) is 71.5 Å². The SMILES string of the molecule is COc1ncccc1C(=O)N[C@@H]1CC(=O)N(CC(C)(C)C)C1. The van der Waals surface area contributed by atoms with Crippen LogP contribution in [-0.4, -0.2) is 47.9 Å². The van der Waals surface area contributed by atoms with Gasteiger partial charge in [0.15, 0.2) is 0 Å². The summed E-state index contributed by atoms with van der Waals surface area (Å²) in [5.74, 6) is 0.106. The summed E-state index contributed by atoms with van der Waals surface area (Å²) in [6, 6.07) is 3.17. The fraction of sp³-hybridized carbons (Fsp3) is 0.562. The summed E-state index contributed by atoms with van der Waals surface area (Å²) >= 11 is 0. The normalized spacial score (nSPS) is 18.5. The molecule has 2 amide bonds. The average molecular weight is 305 g/mol. The Morgan fingerprint density at radius 1 is 1.50 bits per heavy atom. The monoisotopic (exact) mass is 305 g/mol. The molecule has 1 fully saturated rings. The summed E-state index contributed by atoms with van der Waals surface area (Å²) < 4.78 is 5.09. The van der Waals surface area contributed by atoms with E-state index in [2.05, 4.69) is 31.1 Å². The van der Waals surface area contributed by atoms with E-state index in [-0.39, 0.29) is 29.2 Å². The maximum Gasteiger partial charge on any atom is 0.257 e. The number of nitrogens with zero attached hydrogens (tertiary/aromatic N) is 2. The Kier molecular flexibility index (Phi) is 4.68. The Balaban J connectivity index is 2.00. The molecule has 1 aliphatic heterocycles. The molecule has 0 aromatic carbocycles. The van der Waals surface area contributed by atoms with Gasteiger partial charge in [0, 0.05) is 25.7 Å². The molecule has 2 heterocycles. The first-order valence-corrected chi connectivity index (χ1v) is 7.38. The summed E-state index contributed by atoms with van der Waals surface area (Å²) in [6.45, 7) is 7.50. The second kappa shape index (κ2) is 6.34. The van der Waals surface area contributed by atoms with Gasteiger partial charge in [-0.15, -0.1) is 0 Å². The number of likely N-dealkylation sites (tertiary alicyclic amines) is 1. The molecule has 1 atom stereocenters. The molecule has 1 aromatic rings. The first kappa shape index (κ1) is 16.3. The van der Waals surface area contributed by atoms with Crippen LogP contribution < -0.4 is 10.1 Å². The van der Waals surface area contributed by atoms with Crippen LogP contribution in [0.4, 0.5) is 0 Å². The van der Waals surface area contributed by atoms with E-state index < -0.39 is 0 Å². The first-order valence-electron chi connectivity index (χ1n) is 7.38. The molecule has 1 aliphatic rings. The van der Waals surface area contributed by atoms with Gasteiger partial charge in [0.25, 0.3) is 5.91 Å². The maximum atomic E-state index is 12.3. The molecule has 0 spiro atoms. The number of rotatable bonds is 4. The van der Waals surface area contributed by atoms with Gasteiger partial charge in [-0.2, -0.15) is 0 Å². The second-order valence-electron chi connectivity index (χ2n) is 6.77. The smallest absolute Gasteiger partial charge is 0.257 e. The van der Waals surface area contributed by atoms with Crippen molar-refractivity contribution in [2.24, 2.45) is 5.41 Å². The third-order valence-electron chi connectivity index (χ3n) is 3.42. The van der Waals surface area contributed by atoms with E-state index >= 15 is 0 Å². The number of carbonyl (C=O) groups excluding carboxylic acids is 2. The van der Waals surface area contributed by atoms with E-state index in [9.17, 15) is 9.59 Å². The molecule has 0 aliphatic carbocycles. The van der Waals surface area contributed by atoms with Crippen LogP contribution in [0.15, 0.2) is 18.3 Å². The van der Waals surface area contributed by atoms with Gasteiger partial charge < -0.3 is 15.0 Å². The molecule has 6 heteroatoms. The standard InChI is InChI=1S/C16H23N3O3/c1-16(2,3)10-19-9-11(8-13(19)20)18-14(21)12-6-5-7-17-15(12)22-4/h5-7,11H,8-10H2,1-4H3,(H,18,21)/t11-/m1/s1. The van der Waals surface area contributed by atoms with Crippen LogP contribution in [-0.2, 0) is 4.79 Å². The number of amides is 2. The number of methoxy groups -OCH3 is 1. The Bertz CT molecular complexity index is 566. The van der Waals surface area contributed by atoms with Crippen molar-refractivity contribution in [3.8, 4) is 5.88 Å². The first-order chi connectivity index (χ1) is 10.3. The number of aromatic nitrogens is 1. The van der Waals surface area contributed by atoms with Crippen molar-refractivity contribution in [2.45, 2.75) is 33.2 Å². The number of ether oxygens (including phenoxy) is 1. The maximum absolute atomic E-state index is 12.3. The van der Waals surface area contributed by atoms with E-state index in [4.69, 9.17) is 4.74 Å². The fourth-order valence-corrected chi connectivity index (χ4v) is 2.58. The minimum absolute atomic E-state index is 0.0428. The lowest BCUT2D eigenvalue weighted by Gasteiger charge is -2.26. The number of hydrogen-bond acceptors (Lipinski definition) is 4. The molecule has 0 radical (unpaired) electrons. The third-order valence-corrected chi connectivity index (χ3v) is 3.42. The molecule has 0 saturated carbocycles. The highest BCUT2D eigenvalue weighted by molar-refractivity contribution is 5.97. The Morgan fingerprint density at radius 2 is 2.23 bits per heavy atom. The Labute approximate surface area is 130 Å². The highest BCUT2D eigenvalue weighted by Gasteiger charge is 2.33. The largest absolute Gasteiger partial charge is 0.480 e. The molecule has 1 saturated heterocycles. The van der Waals surface area contributed by atoms with Crippen LogP contribution in [0.25, 0.3) is 0 Å². The van der Waals surface area contributed by atoms with Crippen LogP contribution in [0.3, 0.4) is 0 Å². The fourth-order valence-electron chi connectivity index (χ4n) is 2.58. The zero-order valence-corrected chi connectivity index (χ0v) is 13.5. The molecule has 0 unspecified atom stereocenters. The lowest BCUT2D eigenvalue weighted by molar-refractivity contribution is -0.128. The van der Waals surface area contributed by atoms with Crippen molar-refractivity contribution in [1.29, 1.82) is 0 Å². The number of nitrogens with one attached hydrogen (secondary N) is 1. The number of hydrogen-bond donors (Lipinski definition) is 1. The summed E-state index contributed by atoms with van der Waals surface area (Å²) in [7, 11) is 1.48. The lowest BCUT2D eigenvalue weighted by atomic mass is 9.96. The van der Waals surface area contributed by atoms with E-state index in [1.165, 1.54) is 7.11 Å². The zero-order chi connectivity index (χ0) is 16.3. The van der Waals surface area contributed by atoms with Crippen LogP contribution in [0, 0.1) is 5.41 Å². The Morgan fingerprint density at radius 3 is 2.86 bits per heavy atom. The van der Waals surface area contributed by atoms with E-state index in [0.29, 0.717) is 25.1 Å². The third kappa shape index (κ3) is 3.96. The molecular formula is C16H23N3O3. The van der Waals surface area contributed by atoms with Gasteiger partial charge in [-0.25, -0.2) is 4.98 Å². The summed E-state index contributed by atoms with van der Waals surface area (Å²) in [5.41, 5.74) is 0.424. The quantitative estimate of drug-likeness (QED) is 0.914.